The van der Waals surface area contributed by atoms with Crippen molar-refractivity contribution < 1.29 is 23.8 Å². The number of fused-ring (bicyclic) bond motifs is 1. The minimum atomic E-state index is -0.880. The number of hydrogen-bond acceptors (Lipinski definition) is 9. The van der Waals surface area contributed by atoms with Gasteiger partial charge in [0.05, 0.1) is 47.4 Å². The fourth-order valence-corrected chi connectivity index (χ4v) is 6.42. The number of aryl methyl sites for hydroxylation is 1. The first kappa shape index (κ1) is 30.5. The van der Waals surface area contributed by atoms with Crippen molar-refractivity contribution >= 4 is 29.4 Å². The highest BCUT2D eigenvalue weighted by Gasteiger charge is 2.34. The molecule has 10 nitrogen and oxygen atoms in total. The van der Waals surface area contributed by atoms with Crippen LogP contribution in [0.15, 0.2) is 100 Å². The predicted octanol–water partition coefficient (Wildman–Crippen LogP) is 4.50. The zero-order chi connectivity index (χ0) is 32.5. The van der Waals surface area contributed by atoms with E-state index < -0.39 is 18.0 Å². The van der Waals surface area contributed by atoms with Crippen LogP contribution >= 0.6 is 11.3 Å². The van der Waals surface area contributed by atoms with E-state index in [0.29, 0.717) is 26.3 Å². The van der Waals surface area contributed by atoms with Gasteiger partial charge in [-0.3, -0.25) is 14.2 Å². The number of thiazole rings is 1. The van der Waals surface area contributed by atoms with Gasteiger partial charge in [-0.2, -0.15) is 5.10 Å². The van der Waals surface area contributed by atoms with E-state index in [9.17, 15) is 14.4 Å². The van der Waals surface area contributed by atoms with Gasteiger partial charge in [0.15, 0.2) is 16.3 Å². The Balaban J connectivity index is 1.56. The lowest BCUT2D eigenvalue weighted by molar-refractivity contribution is -0.136. The largest absolute Gasteiger partial charge is 0.493 e. The van der Waals surface area contributed by atoms with E-state index >= 15 is 0 Å². The fraction of sp³-hybridized carbons (Fsp3) is 0.171. The zero-order valence-corrected chi connectivity index (χ0v) is 26.6. The lowest BCUT2D eigenvalue weighted by Crippen LogP contribution is -2.39. The monoisotopic (exact) mass is 634 g/mol. The van der Waals surface area contributed by atoms with Crippen molar-refractivity contribution in [3.63, 3.8) is 0 Å². The highest BCUT2D eigenvalue weighted by molar-refractivity contribution is 7.07. The fourth-order valence-electron chi connectivity index (χ4n) is 5.38. The van der Waals surface area contributed by atoms with Crippen LogP contribution in [0.4, 0.5) is 0 Å². The van der Waals surface area contributed by atoms with Crippen LogP contribution in [0.25, 0.3) is 23.0 Å². The molecule has 6 rings (SSSR count). The standard InChI is InChI=1S/C35H30N4O6S/c1-20-11-13-23(14-12-20)31-25(19-38(37-31)26-9-7-6-8-10-26)18-29-33(41)39-32(30(34(42)44-5)21(2)36-35(39)46-29)24-15-16-27(45-22(3)40)28(17-24)43-4/h6-19,32H,1-5H3/b29-18+/t32-/m0/s1. The van der Waals surface area contributed by atoms with Crippen molar-refractivity contribution in [3.8, 4) is 28.4 Å². The normalized spacial score (nSPS) is 14.5. The summed E-state index contributed by atoms with van der Waals surface area (Å²) >= 11 is 1.22. The molecular weight excluding hydrogens is 604 g/mol. The third-order valence-corrected chi connectivity index (χ3v) is 8.54. The second-order valence-corrected chi connectivity index (χ2v) is 11.7. The molecule has 46 heavy (non-hydrogen) atoms. The van der Waals surface area contributed by atoms with Crippen LogP contribution in [-0.2, 0) is 14.3 Å². The first-order valence-electron chi connectivity index (χ1n) is 14.4. The molecule has 0 saturated carbocycles. The number of carbonyl (C=O) groups is 2. The van der Waals surface area contributed by atoms with E-state index in [0.717, 1.165) is 22.4 Å². The lowest BCUT2D eigenvalue weighted by atomic mass is 9.95. The Bertz CT molecular complexity index is 2190. The molecule has 1 aliphatic rings. The van der Waals surface area contributed by atoms with E-state index in [2.05, 4.69) is 4.99 Å². The van der Waals surface area contributed by atoms with E-state index in [4.69, 9.17) is 19.3 Å². The summed E-state index contributed by atoms with van der Waals surface area (Å²) in [4.78, 5) is 44.1. The summed E-state index contributed by atoms with van der Waals surface area (Å²) in [5, 5.41) is 4.90. The maximum Gasteiger partial charge on any atom is 0.338 e. The summed E-state index contributed by atoms with van der Waals surface area (Å²) in [5.41, 5.74) is 5.19. The number of methoxy groups -OCH3 is 2. The van der Waals surface area contributed by atoms with Gasteiger partial charge in [0.25, 0.3) is 5.56 Å². The van der Waals surface area contributed by atoms with Crippen LogP contribution in [-0.4, -0.2) is 40.5 Å². The molecule has 0 spiro atoms. The lowest BCUT2D eigenvalue weighted by Gasteiger charge is -2.25. The average Bonchev–Trinajstić information content (AvgIpc) is 3.61. The molecule has 3 heterocycles. The van der Waals surface area contributed by atoms with Gasteiger partial charge >= 0.3 is 11.9 Å². The van der Waals surface area contributed by atoms with Crippen LogP contribution in [0, 0.1) is 6.92 Å². The van der Waals surface area contributed by atoms with Crippen molar-refractivity contribution in [1.29, 1.82) is 0 Å². The Morgan fingerprint density at radius 2 is 1.70 bits per heavy atom. The van der Waals surface area contributed by atoms with Crippen molar-refractivity contribution in [2.24, 2.45) is 4.99 Å². The van der Waals surface area contributed by atoms with E-state index in [1.807, 2.05) is 73.8 Å². The summed E-state index contributed by atoms with van der Waals surface area (Å²) in [6.07, 6.45) is 3.70. The molecule has 11 heteroatoms. The highest BCUT2D eigenvalue weighted by Crippen LogP contribution is 2.36. The summed E-state index contributed by atoms with van der Waals surface area (Å²) < 4.78 is 19.6. The number of aromatic nitrogens is 3. The molecule has 0 N–H and O–H groups in total. The van der Waals surface area contributed by atoms with Gasteiger partial charge in [0.2, 0.25) is 0 Å². The Kier molecular flexibility index (Phi) is 8.25. The van der Waals surface area contributed by atoms with E-state index in [1.54, 1.807) is 29.8 Å². The molecule has 1 atom stereocenters. The van der Waals surface area contributed by atoms with Crippen molar-refractivity contribution in [2.45, 2.75) is 26.8 Å². The van der Waals surface area contributed by atoms with E-state index in [1.165, 1.54) is 37.0 Å². The number of nitrogens with zero attached hydrogens (tertiary/aromatic N) is 4. The smallest absolute Gasteiger partial charge is 0.338 e. The number of benzene rings is 3. The third kappa shape index (κ3) is 5.68. The Morgan fingerprint density at radius 3 is 2.37 bits per heavy atom. The summed E-state index contributed by atoms with van der Waals surface area (Å²) in [7, 11) is 2.73. The van der Waals surface area contributed by atoms with Crippen molar-refractivity contribution in [2.75, 3.05) is 14.2 Å². The van der Waals surface area contributed by atoms with Gasteiger partial charge in [-0.25, -0.2) is 14.5 Å². The molecule has 2 aromatic heterocycles. The number of allylic oxidation sites excluding steroid dienone is 1. The number of ether oxygens (including phenoxy) is 3. The van der Waals surface area contributed by atoms with Gasteiger partial charge in [-0.1, -0.05) is 65.4 Å². The zero-order valence-electron chi connectivity index (χ0n) is 25.8. The van der Waals surface area contributed by atoms with Crippen molar-refractivity contribution in [3.05, 3.63) is 127 Å². The van der Waals surface area contributed by atoms with Gasteiger partial charge in [0.1, 0.15) is 0 Å². The van der Waals surface area contributed by atoms with Crippen LogP contribution in [0.1, 0.15) is 36.6 Å². The molecule has 0 amide bonds. The maximum absolute atomic E-state index is 14.3. The highest BCUT2D eigenvalue weighted by atomic mass is 32.1. The number of esters is 2. The summed E-state index contributed by atoms with van der Waals surface area (Å²) in [5.74, 6) is -0.643. The number of hydrogen-bond donors (Lipinski definition) is 0. The summed E-state index contributed by atoms with van der Waals surface area (Å²) in [6.45, 7) is 5.02. The van der Waals surface area contributed by atoms with E-state index in [-0.39, 0.29) is 22.6 Å². The Morgan fingerprint density at radius 1 is 0.957 bits per heavy atom. The molecule has 3 aromatic carbocycles. The predicted molar refractivity (Wildman–Crippen MR) is 174 cm³/mol. The molecule has 0 aliphatic carbocycles. The third-order valence-electron chi connectivity index (χ3n) is 7.56. The molecule has 0 fully saturated rings. The number of rotatable bonds is 7. The molecule has 232 valence electrons. The van der Waals surface area contributed by atoms with Gasteiger partial charge in [-0.15, -0.1) is 0 Å². The molecule has 0 radical (unpaired) electrons. The second kappa shape index (κ2) is 12.4. The summed E-state index contributed by atoms with van der Waals surface area (Å²) in [6, 6.07) is 21.8. The first-order valence-corrected chi connectivity index (χ1v) is 15.2. The molecule has 1 aliphatic heterocycles. The molecular formula is C35H30N4O6S. The molecule has 5 aromatic rings. The second-order valence-electron chi connectivity index (χ2n) is 10.7. The maximum atomic E-state index is 14.3. The van der Waals surface area contributed by atoms with Gasteiger partial charge < -0.3 is 14.2 Å². The van der Waals surface area contributed by atoms with Gasteiger partial charge in [0, 0.05) is 24.2 Å². The SMILES string of the molecule is COC(=O)C1=C(C)N=c2s/c(=C/c3cn(-c4ccccc4)nc3-c3ccc(C)cc3)c(=O)n2[C@H]1c1ccc(OC(C)=O)c(OC)c1. The molecule has 0 bridgehead atoms. The quantitative estimate of drug-likeness (QED) is 0.191. The average molecular weight is 635 g/mol. The van der Waals surface area contributed by atoms with Crippen LogP contribution in [0.3, 0.4) is 0 Å². The molecule has 0 saturated heterocycles. The first-order chi connectivity index (χ1) is 22.2. The topological polar surface area (TPSA) is 114 Å². The minimum absolute atomic E-state index is 0.209. The van der Waals surface area contributed by atoms with Gasteiger partial charge in [-0.05, 0) is 49.8 Å². The Hall–Kier alpha value is -5.55. The Labute approximate surface area is 268 Å². The van der Waals surface area contributed by atoms with Crippen LogP contribution in [0.2, 0.25) is 0 Å². The molecule has 0 unspecified atom stereocenters. The number of para-hydroxylation sites is 1. The van der Waals surface area contributed by atoms with Crippen molar-refractivity contribution in [1.82, 2.24) is 14.3 Å². The number of carbonyl (C=O) groups excluding carboxylic acids is 2. The van der Waals surface area contributed by atoms with Crippen LogP contribution in [0.5, 0.6) is 11.5 Å². The minimum Gasteiger partial charge on any atom is -0.493 e. The van der Waals surface area contributed by atoms with Crippen LogP contribution < -0.4 is 24.4 Å².